The fourth-order valence-electron chi connectivity index (χ4n) is 4.17. The van der Waals surface area contributed by atoms with Crippen molar-refractivity contribution in [1.82, 2.24) is 9.80 Å². The first kappa shape index (κ1) is 16.6. The van der Waals surface area contributed by atoms with Gasteiger partial charge in [-0.1, -0.05) is 19.1 Å². The number of piperidine rings is 1. The van der Waals surface area contributed by atoms with Gasteiger partial charge in [-0.3, -0.25) is 4.90 Å². The van der Waals surface area contributed by atoms with Crippen molar-refractivity contribution < 1.29 is 14.3 Å². The third kappa shape index (κ3) is 2.93. The molecule has 0 radical (unpaired) electrons. The second-order valence-electron chi connectivity index (χ2n) is 7.33. The predicted octanol–water partition coefficient (Wildman–Crippen LogP) is 1.34. The molecular formula is C18H25FN2O2. The zero-order valence-electron chi connectivity index (χ0n) is 13.9. The standard InChI is InChI=1S/C18H25FN2O2/c1-12(10-22)18(23,13-4-6-14(19)7-5-13)11-21-8-15-16(9-21)17(15)20(2)3/h4-7,10,12,15-17,23H,8-9,11H2,1-3H3. The number of carbonyl (C=O) groups excluding carboxylic acids is 1. The van der Waals surface area contributed by atoms with Gasteiger partial charge in [0.2, 0.25) is 0 Å². The quantitative estimate of drug-likeness (QED) is 0.804. The fourth-order valence-corrected chi connectivity index (χ4v) is 4.17. The summed E-state index contributed by atoms with van der Waals surface area (Å²) in [5.74, 6) is 0.434. The number of aliphatic hydroxyl groups is 1. The van der Waals surface area contributed by atoms with E-state index in [0.29, 0.717) is 30.0 Å². The Morgan fingerprint density at radius 3 is 2.39 bits per heavy atom. The summed E-state index contributed by atoms with van der Waals surface area (Å²) in [6, 6.07) is 6.47. The lowest BCUT2D eigenvalue weighted by atomic mass is 9.82. The molecule has 1 aromatic rings. The minimum atomic E-state index is -1.28. The minimum Gasteiger partial charge on any atom is -0.383 e. The van der Waals surface area contributed by atoms with Gasteiger partial charge in [-0.25, -0.2) is 4.39 Å². The summed E-state index contributed by atoms with van der Waals surface area (Å²) >= 11 is 0. The minimum absolute atomic E-state index is 0.342. The highest BCUT2D eigenvalue weighted by Gasteiger charge is 2.57. The number of benzene rings is 1. The fraction of sp³-hybridized carbons (Fsp3) is 0.611. The van der Waals surface area contributed by atoms with Gasteiger partial charge in [0.25, 0.3) is 0 Å². The molecule has 1 N–H and O–H groups in total. The summed E-state index contributed by atoms with van der Waals surface area (Å²) in [4.78, 5) is 15.8. The van der Waals surface area contributed by atoms with Crippen LogP contribution in [-0.2, 0) is 10.4 Å². The van der Waals surface area contributed by atoms with Gasteiger partial charge in [-0.05, 0) is 43.6 Å². The van der Waals surface area contributed by atoms with Crippen LogP contribution in [0.3, 0.4) is 0 Å². The van der Waals surface area contributed by atoms with E-state index in [1.54, 1.807) is 19.1 Å². The van der Waals surface area contributed by atoms with Crippen molar-refractivity contribution in [2.45, 2.75) is 18.6 Å². The molecule has 1 heterocycles. The Balaban J connectivity index is 1.74. The van der Waals surface area contributed by atoms with Gasteiger partial charge in [0, 0.05) is 31.6 Å². The molecule has 1 aromatic carbocycles. The lowest BCUT2D eigenvalue weighted by Crippen LogP contribution is -2.46. The highest BCUT2D eigenvalue weighted by molar-refractivity contribution is 5.56. The van der Waals surface area contributed by atoms with Crippen molar-refractivity contribution in [3.63, 3.8) is 0 Å². The van der Waals surface area contributed by atoms with Crippen LogP contribution in [0.15, 0.2) is 24.3 Å². The van der Waals surface area contributed by atoms with Crippen LogP contribution < -0.4 is 0 Å². The summed E-state index contributed by atoms with van der Waals surface area (Å²) in [6.07, 6.45) is 0.781. The molecule has 0 spiro atoms. The van der Waals surface area contributed by atoms with Crippen molar-refractivity contribution in [1.29, 1.82) is 0 Å². The van der Waals surface area contributed by atoms with E-state index in [1.165, 1.54) is 12.1 Å². The molecule has 0 amide bonds. The maximum Gasteiger partial charge on any atom is 0.126 e. The lowest BCUT2D eigenvalue weighted by Gasteiger charge is -2.36. The molecule has 2 aliphatic rings. The van der Waals surface area contributed by atoms with Crippen LogP contribution in [0, 0.1) is 23.6 Å². The molecule has 126 valence electrons. The van der Waals surface area contributed by atoms with Crippen molar-refractivity contribution in [2.75, 3.05) is 33.7 Å². The summed E-state index contributed by atoms with van der Waals surface area (Å²) in [5, 5.41) is 11.2. The van der Waals surface area contributed by atoms with Crippen LogP contribution in [0.25, 0.3) is 0 Å². The average Bonchev–Trinajstić information content (AvgIpc) is 3.04. The third-order valence-corrected chi connectivity index (χ3v) is 5.59. The summed E-state index contributed by atoms with van der Waals surface area (Å²) in [5.41, 5.74) is -0.678. The second-order valence-corrected chi connectivity index (χ2v) is 7.33. The van der Waals surface area contributed by atoms with Crippen molar-refractivity contribution in [3.05, 3.63) is 35.6 Å². The number of rotatable bonds is 6. The van der Waals surface area contributed by atoms with E-state index in [4.69, 9.17) is 0 Å². The molecular weight excluding hydrogens is 295 g/mol. The topological polar surface area (TPSA) is 43.8 Å². The molecule has 2 fully saturated rings. The zero-order chi connectivity index (χ0) is 16.8. The Morgan fingerprint density at radius 1 is 1.35 bits per heavy atom. The Morgan fingerprint density at radius 2 is 1.91 bits per heavy atom. The third-order valence-electron chi connectivity index (χ3n) is 5.59. The Labute approximate surface area is 136 Å². The number of nitrogens with zero attached hydrogens (tertiary/aromatic N) is 2. The first-order valence-electron chi connectivity index (χ1n) is 8.19. The molecule has 0 aromatic heterocycles. The highest BCUT2D eigenvalue weighted by Crippen LogP contribution is 2.48. The van der Waals surface area contributed by atoms with Crippen LogP contribution in [0.5, 0.6) is 0 Å². The molecule has 5 heteroatoms. The molecule has 1 saturated heterocycles. The van der Waals surface area contributed by atoms with Gasteiger partial charge in [-0.2, -0.15) is 0 Å². The summed E-state index contributed by atoms with van der Waals surface area (Å²) < 4.78 is 13.2. The normalized spacial score (nSPS) is 30.8. The molecule has 4 nitrogen and oxygen atoms in total. The van der Waals surface area contributed by atoms with E-state index in [-0.39, 0.29) is 5.82 Å². The average molecular weight is 320 g/mol. The molecule has 1 saturated carbocycles. The molecule has 0 bridgehead atoms. The Kier molecular flexibility index (Phi) is 4.29. The SMILES string of the molecule is CC(C=O)C(O)(CN1CC2C(C1)C2N(C)C)c1ccc(F)cc1. The molecule has 1 aliphatic heterocycles. The number of halogens is 1. The van der Waals surface area contributed by atoms with Gasteiger partial charge in [0.15, 0.2) is 0 Å². The van der Waals surface area contributed by atoms with E-state index >= 15 is 0 Å². The zero-order valence-corrected chi connectivity index (χ0v) is 13.9. The predicted molar refractivity (Wildman–Crippen MR) is 86.4 cm³/mol. The van der Waals surface area contributed by atoms with Gasteiger partial charge in [0.1, 0.15) is 17.7 Å². The smallest absolute Gasteiger partial charge is 0.126 e. The number of carbonyl (C=O) groups is 1. The Bertz CT molecular complexity index is 565. The first-order valence-corrected chi connectivity index (χ1v) is 8.19. The maximum atomic E-state index is 13.2. The second kappa shape index (κ2) is 5.96. The van der Waals surface area contributed by atoms with E-state index in [0.717, 1.165) is 19.4 Å². The largest absolute Gasteiger partial charge is 0.383 e. The lowest BCUT2D eigenvalue weighted by molar-refractivity contribution is -0.121. The highest BCUT2D eigenvalue weighted by atomic mass is 19.1. The van der Waals surface area contributed by atoms with Crippen LogP contribution in [0.2, 0.25) is 0 Å². The number of hydrogen-bond acceptors (Lipinski definition) is 4. The van der Waals surface area contributed by atoms with E-state index in [1.807, 2.05) is 0 Å². The number of fused-ring (bicyclic) bond motifs is 1. The summed E-state index contributed by atoms with van der Waals surface area (Å²) in [7, 11) is 4.22. The van der Waals surface area contributed by atoms with Crippen LogP contribution in [0.1, 0.15) is 12.5 Å². The number of hydrogen-bond donors (Lipinski definition) is 1. The van der Waals surface area contributed by atoms with Gasteiger partial charge >= 0.3 is 0 Å². The van der Waals surface area contributed by atoms with E-state index in [2.05, 4.69) is 23.9 Å². The van der Waals surface area contributed by atoms with Crippen molar-refractivity contribution >= 4 is 6.29 Å². The molecule has 1 aliphatic carbocycles. The number of aldehydes is 1. The van der Waals surface area contributed by atoms with Crippen molar-refractivity contribution in [3.8, 4) is 0 Å². The van der Waals surface area contributed by atoms with Crippen LogP contribution in [-0.4, -0.2) is 61.0 Å². The maximum absolute atomic E-state index is 13.2. The number of β-amino-alcohol motifs (C(OH)–C–C–N with tert-alkyl or cyclic N) is 1. The van der Waals surface area contributed by atoms with Gasteiger partial charge < -0.3 is 14.8 Å². The first-order chi connectivity index (χ1) is 10.9. The van der Waals surface area contributed by atoms with E-state index in [9.17, 15) is 14.3 Å². The molecule has 3 rings (SSSR count). The molecule has 4 atom stereocenters. The van der Waals surface area contributed by atoms with Crippen molar-refractivity contribution in [2.24, 2.45) is 17.8 Å². The van der Waals surface area contributed by atoms with Gasteiger partial charge in [0.05, 0.1) is 0 Å². The van der Waals surface area contributed by atoms with E-state index < -0.39 is 11.5 Å². The number of likely N-dealkylation sites (tertiary alicyclic amines) is 1. The monoisotopic (exact) mass is 320 g/mol. The van der Waals surface area contributed by atoms with Crippen LogP contribution in [0.4, 0.5) is 4.39 Å². The summed E-state index contributed by atoms with van der Waals surface area (Å²) in [6.45, 7) is 4.02. The van der Waals surface area contributed by atoms with Gasteiger partial charge in [-0.15, -0.1) is 0 Å². The molecule has 4 unspecified atom stereocenters. The molecule has 23 heavy (non-hydrogen) atoms. The van der Waals surface area contributed by atoms with Crippen LogP contribution >= 0.6 is 0 Å². The Hall–Kier alpha value is -1.30.